The summed E-state index contributed by atoms with van der Waals surface area (Å²) < 4.78 is 9.82. The van der Waals surface area contributed by atoms with Crippen molar-refractivity contribution in [2.24, 2.45) is 0 Å². The highest BCUT2D eigenvalue weighted by atomic mass is 32.1. The van der Waals surface area contributed by atoms with E-state index in [2.05, 4.69) is 34.5 Å². The number of hydrogen-bond acceptors (Lipinski definition) is 6. The number of nitrogens with zero attached hydrogens (tertiary/aromatic N) is 3. The molecule has 0 fully saturated rings. The third kappa shape index (κ3) is 7.11. The number of carbonyl (C=O) groups is 1. The molecular weight excluding hydrogens is 372 g/mol. The molecule has 0 bridgehead atoms. The molecule has 1 aromatic heterocycles. The molecule has 0 saturated carbocycles. The Labute approximate surface area is 172 Å². The van der Waals surface area contributed by atoms with Crippen LogP contribution in [0.15, 0.2) is 24.3 Å². The third-order valence-corrected chi connectivity index (χ3v) is 5.45. The quantitative estimate of drug-likeness (QED) is 0.578. The number of hydrogen-bond donors (Lipinski definition) is 1. The average Bonchev–Trinajstić information content (AvgIpc) is 3.16. The van der Waals surface area contributed by atoms with Crippen LogP contribution in [-0.4, -0.2) is 41.5 Å². The predicted molar refractivity (Wildman–Crippen MR) is 115 cm³/mol. The maximum absolute atomic E-state index is 12.1. The highest BCUT2D eigenvalue weighted by molar-refractivity contribution is 7.09. The van der Waals surface area contributed by atoms with Crippen LogP contribution in [0.1, 0.15) is 57.8 Å². The summed E-state index contributed by atoms with van der Waals surface area (Å²) in [7, 11) is 1.67. The van der Waals surface area contributed by atoms with Crippen LogP contribution >= 0.6 is 11.5 Å². The second-order valence-corrected chi connectivity index (χ2v) is 7.72. The van der Waals surface area contributed by atoms with E-state index in [1.54, 1.807) is 7.11 Å². The first-order valence-electron chi connectivity index (χ1n) is 10.1. The van der Waals surface area contributed by atoms with Crippen molar-refractivity contribution in [3.05, 3.63) is 35.7 Å². The van der Waals surface area contributed by atoms with Crippen molar-refractivity contribution in [2.45, 2.75) is 58.9 Å². The molecule has 154 valence electrons. The van der Waals surface area contributed by atoms with Crippen molar-refractivity contribution in [2.75, 3.05) is 25.1 Å². The van der Waals surface area contributed by atoms with Gasteiger partial charge in [-0.3, -0.25) is 4.79 Å². The van der Waals surface area contributed by atoms with Gasteiger partial charge in [0.25, 0.3) is 0 Å². The normalized spacial score (nSPS) is 11.9. The van der Waals surface area contributed by atoms with Gasteiger partial charge in [0.1, 0.15) is 11.6 Å². The minimum absolute atomic E-state index is 0.0944. The number of methoxy groups -OCH3 is 1. The summed E-state index contributed by atoms with van der Waals surface area (Å²) in [6.07, 6.45) is 4.25. The van der Waals surface area contributed by atoms with E-state index in [9.17, 15) is 4.79 Å². The fraction of sp³-hybridized carbons (Fsp3) is 0.571. The number of benzene rings is 1. The number of amides is 1. The largest absolute Gasteiger partial charge is 0.497 e. The first-order chi connectivity index (χ1) is 13.5. The Morgan fingerprint density at radius 2 is 2.14 bits per heavy atom. The van der Waals surface area contributed by atoms with Crippen LogP contribution in [0.2, 0.25) is 0 Å². The van der Waals surface area contributed by atoms with Gasteiger partial charge < -0.3 is 15.0 Å². The molecule has 0 aliphatic heterocycles. The molecule has 1 heterocycles. The molecule has 2 aromatic rings. The number of aromatic nitrogens is 2. The van der Waals surface area contributed by atoms with Gasteiger partial charge in [-0.05, 0) is 37.5 Å². The number of anilines is 1. The zero-order chi connectivity index (χ0) is 20.4. The van der Waals surface area contributed by atoms with Crippen LogP contribution in [-0.2, 0) is 11.2 Å². The Kier molecular flexibility index (Phi) is 9.20. The molecule has 1 amide bonds. The molecule has 0 aliphatic rings. The van der Waals surface area contributed by atoms with Crippen molar-refractivity contribution in [1.82, 2.24) is 14.7 Å². The molecule has 2 rings (SSSR count). The van der Waals surface area contributed by atoms with Gasteiger partial charge in [0, 0.05) is 43.5 Å². The van der Waals surface area contributed by atoms with Crippen LogP contribution < -0.4 is 15.0 Å². The lowest BCUT2D eigenvalue weighted by Gasteiger charge is -2.21. The van der Waals surface area contributed by atoms with E-state index >= 15 is 0 Å². The van der Waals surface area contributed by atoms with Crippen LogP contribution in [0.25, 0.3) is 0 Å². The van der Waals surface area contributed by atoms with E-state index in [1.807, 2.05) is 25.1 Å². The first kappa shape index (κ1) is 22.1. The van der Waals surface area contributed by atoms with E-state index in [4.69, 9.17) is 9.72 Å². The molecule has 1 atom stereocenters. The van der Waals surface area contributed by atoms with Crippen molar-refractivity contribution in [1.29, 1.82) is 0 Å². The molecule has 0 saturated heterocycles. The Hall–Kier alpha value is -2.15. The molecule has 7 heteroatoms. The number of unbranched alkanes of at least 4 members (excludes halogenated alkanes) is 1. The zero-order valence-corrected chi connectivity index (χ0v) is 18.2. The first-order valence-corrected chi connectivity index (χ1v) is 10.8. The number of ether oxygens (including phenoxy) is 1. The average molecular weight is 405 g/mol. The maximum atomic E-state index is 12.1. The van der Waals surface area contributed by atoms with E-state index in [-0.39, 0.29) is 11.9 Å². The van der Waals surface area contributed by atoms with Crippen molar-refractivity contribution in [3.63, 3.8) is 0 Å². The SMILES string of the molecule is CCCCN(CCC(=O)N[C@@H](C)CC)c1nc(Cc2cccc(OC)c2)ns1. The molecule has 1 N–H and O–H groups in total. The van der Waals surface area contributed by atoms with Crippen LogP contribution in [0, 0.1) is 0 Å². The molecular formula is C21H32N4O2S. The maximum Gasteiger partial charge on any atom is 0.221 e. The van der Waals surface area contributed by atoms with Gasteiger partial charge in [-0.15, -0.1) is 0 Å². The van der Waals surface area contributed by atoms with Crippen LogP contribution in [0.3, 0.4) is 0 Å². The molecule has 0 radical (unpaired) electrons. The third-order valence-electron chi connectivity index (χ3n) is 4.63. The fourth-order valence-electron chi connectivity index (χ4n) is 2.75. The number of rotatable bonds is 12. The summed E-state index contributed by atoms with van der Waals surface area (Å²) in [6, 6.07) is 8.18. The van der Waals surface area contributed by atoms with E-state index < -0.39 is 0 Å². The molecule has 0 aliphatic carbocycles. The summed E-state index contributed by atoms with van der Waals surface area (Å²) in [5, 5.41) is 3.92. The molecule has 1 aromatic carbocycles. The molecule has 28 heavy (non-hydrogen) atoms. The summed E-state index contributed by atoms with van der Waals surface area (Å²) in [6.45, 7) is 7.82. The second-order valence-electron chi connectivity index (χ2n) is 6.99. The monoisotopic (exact) mass is 404 g/mol. The van der Waals surface area contributed by atoms with Gasteiger partial charge in [0.05, 0.1) is 7.11 Å². The van der Waals surface area contributed by atoms with Gasteiger partial charge in [-0.2, -0.15) is 4.37 Å². The molecule has 0 unspecified atom stereocenters. The van der Waals surface area contributed by atoms with Gasteiger partial charge in [0.2, 0.25) is 11.0 Å². The topological polar surface area (TPSA) is 67.4 Å². The number of nitrogens with one attached hydrogen (secondary N) is 1. The van der Waals surface area contributed by atoms with Crippen LogP contribution in [0.4, 0.5) is 5.13 Å². The Balaban J connectivity index is 2.00. The molecule has 0 spiro atoms. The number of carbonyl (C=O) groups excluding carboxylic acids is 1. The van der Waals surface area contributed by atoms with Crippen molar-refractivity contribution < 1.29 is 9.53 Å². The standard InChI is InChI=1S/C21H32N4O2S/c1-5-7-12-25(13-11-20(26)22-16(3)6-2)21-23-19(24-28-21)15-17-9-8-10-18(14-17)27-4/h8-10,14,16H,5-7,11-13,15H2,1-4H3,(H,22,26)/t16-/m0/s1. The summed E-state index contributed by atoms with van der Waals surface area (Å²) in [5.41, 5.74) is 1.12. The lowest BCUT2D eigenvalue weighted by Crippen LogP contribution is -2.35. The highest BCUT2D eigenvalue weighted by Crippen LogP contribution is 2.21. The van der Waals surface area contributed by atoms with Gasteiger partial charge >= 0.3 is 0 Å². The Morgan fingerprint density at radius 1 is 1.32 bits per heavy atom. The summed E-state index contributed by atoms with van der Waals surface area (Å²) in [4.78, 5) is 19.1. The minimum Gasteiger partial charge on any atom is -0.497 e. The zero-order valence-electron chi connectivity index (χ0n) is 17.4. The smallest absolute Gasteiger partial charge is 0.221 e. The Morgan fingerprint density at radius 3 is 2.86 bits per heavy atom. The lowest BCUT2D eigenvalue weighted by molar-refractivity contribution is -0.121. The minimum atomic E-state index is 0.0944. The van der Waals surface area contributed by atoms with E-state index in [0.29, 0.717) is 19.4 Å². The highest BCUT2D eigenvalue weighted by Gasteiger charge is 2.15. The summed E-state index contributed by atoms with van der Waals surface area (Å²) >= 11 is 1.41. The van der Waals surface area contributed by atoms with Gasteiger partial charge in [0.15, 0.2) is 0 Å². The lowest BCUT2D eigenvalue weighted by atomic mass is 10.1. The van der Waals surface area contributed by atoms with Gasteiger partial charge in [-0.1, -0.05) is 32.4 Å². The predicted octanol–water partition coefficient (Wildman–Crippen LogP) is 4.05. The second kappa shape index (κ2) is 11.6. The Bertz CT molecular complexity index is 735. The van der Waals surface area contributed by atoms with Gasteiger partial charge in [-0.25, -0.2) is 4.98 Å². The molecule has 6 nitrogen and oxygen atoms in total. The summed E-state index contributed by atoms with van der Waals surface area (Å²) in [5.74, 6) is 1.74. The van der Waals surface area contributed by atoms with E-state index in [1.165, 1.54) is 11.5 Å². The van der Waals surface area contributed by atoms with Crippen molar-refractivity contribution >= 4 is 22.6 Å². The van der Waals surface area contributed by atoms with E-state index in [0.717, 1.165) is 48.1 Å². The van der Waals surface area contributed by atoms with Crippen LogP contribution in [0.5, 0.6) is 5.75 Å². The van der Waals surface area contributed by atoms with Crippen molar-refractivity contribution in [3.8, 4) is 5.75 Å². The fourth-order valence-corrected chi connectivity index (χ4v) is 3.48.